The van der Waals surface area contributed by atoms with Crippen LogP contribution in [0.1, 0.15) is 70.8 Å². The summed E-state index contributed by atoms with van der Waals surface area (Å²) in [7, 11) is 3.90. The molecule has 1 unspecified atom stereocenters. The van der Waals surface area contributed by atoms with Crippen LogP contribution in [-0.4, -0.2) is 53.0 Å². The Morgan fingerprint density at radius 1 is 1.13 bits per heavy atom. The first-order chi connectivity index (χ1) is 13.9. The van der Waals surface area contributed by atoms with Crippen molar-refractivity contribution in [3.63, 3.8) is 0 Å². The van der Waals surface area contributed by atoms with E-state index < -0.39 is 8.32 Å². The van der Waals surface area contributed by atoms with Crippen LogP contribution >= 0.6 is 0 Å². The van der Waals surface area contributed by atoms with E-state index in [1.165, 1.54) is 5.56 Å². The monoisotopic (exact) mass is 431 g/mol. The summed E-state index contributed by atoms with van der Waals surface area (Å²) in [6, 6.07) is 4.25. The highest BCUT2D eigenvalue weighted by Gasteiger charge is 2.54. The van der Waals surface area contributed by atoms with Crippen molar-refractivity contribution in [1.82, 2.24) is 10.2 Å². The van der Waals surface area contributed by atoms with Crippen molar-refractivity contribution in [3.05, 3.63) is 23.3 Å². The van der Waals surface area contributed by atoms with E-state index in [9.17, 15) is 4.79 Å². The number of likely N-dealkylation sites (N-methyl/N-ethyl adjacent to an activating group) is 2. The van der Waals surface area contributed by atoms with Crippen LogP contribution in [0.15, 0.2) is 12.1 Å². The predicted octanol–water partition coefficient (Wildman–Crippen LogP) is 4.97. The van der Waals surface area contributed by atoms with Crippen LogP contribution in [0.4, 0.5) is 5.69 Å². The molecule has 2 aliphatic heterocycles. The molecule has 0 bridgehead atoms. The zero-order valence-electron chi connectivity index (χ0n) is 20.6. The molecule has 168 valence electrons. The summed E-state index contributed by atoms with van der Waals surface area (Å²) in [4.78, 5) is 17.7. The van der Waals surface area contributed by atoms with Gasteiger partial charge in [-0.15, -0.1) is 0 Å². The normalized spacial score (nSPS) is 24.0. The van der Waals surface area contributed by atoms with Gasteiger partial charge < -0.3 is 14.6 Å². The second kappa shape index (κ2) is 7.86. The maximum Gasteiger partial charge on any atom is 0.258 e. The molecule has 0 radical (unpaired) electrons. The molecule has 30 heavy (non-hydrogen) atoms. The molecule has 1 aromatic carbocycles. The number of benzene rings is 1. The van der Waals surface area contributed by atoms with Gasteiger partial charge in [0.25, 0.3) is 14.2 Å². The number of likely N-dealkylation sites (tertiary alicyclic amines) is 1. The quantitative estimate of drug-likeness (QED) is 0.646. The Labute approximate surface area is 184 Å². The molecule has 5 nitrogen and oxygen atoms in total. The summed E-state index contributed by atoms with van der Waals surface area (Å²) in [5, 5.41) is 2.86. The van der Waals surface area contributed by atoms with Crippen LogP contribution < -0.4 is 14.6 Å². The van der Waals surface area contributed by atoms with Crippen molar-refractivity contribution < 1.29 is 9.22 Å². The minimum Gasteiger partial charge on any atom is -0.543 e. The molecule has 2 aliphatic rings. The van der Waals surface area contributed by atoms with E-state index in [1.807, 2.05) is 6.07 Å². The fourth-order valence-corrected chi connectivity index (χ4v) is 11.8. The number of hydrogen-bond donors (Lipinski definition) is 1. The van der Waals surface area contributed by atoms with Gasteiger partial charge in [-0.3, -0.25) is 9.69 Å². The predicted molar refractivity (Wildman–Crippen MR) is 128 cm³/mol. The van der Waals surface area contributed by atoms with Crippen molar-refractivity contribution in [2.24, 2.45) is 0 Å². The molecule has 1 aromatic rings. The van der Waals surface area contributed by atoms with Gasteiger partial charge in [0.05, 0.1) is 17.4 Å². The molecule has 1 N–H and O–H groups in total. The van der Waals surface area contributed by atoms with Gasteiger partial charge >= 0.3 is 0 Å². The number of hydrogen-bond acceptors (Lipinski definition) is 4. The number of rotatable bonds is 6. The molecule has 0 spiro atoms. The molecular weight excluding hydrogens is 390 g/mol. The fraction of sp³-hybridized carbons (Fsp3) is 0.708. The number of nitrogens with one attached hydrogen (secondary N) is 1. The van der Waals surface area contributed by atoms with Crippen molar-refractivity contribution in [2.45, 2.75) is 83.1 Å². The molecular formula is C24H41N3O2Si. The van der Waals surface area contributed by atoms with Gasteiger partial charge in [-0.05, 0) is 47.8 Å². The number of carbonyl (C=O) groups is 1. The maximum absolute atomic E-state index is 12.9. The first kappa shape index (κ1) is 23.1. The minimum absolute atomic E-state index is 0.00131. The van der Waals surface area contributed by atoms with E-state index in [1.54, 1.807) is 7.05 Å². The molecule has 6 heteroatoms. The second-order valence-electron chi connectivity index (χ2n) is 10.5. The summed E-state index contributed by atoms with van der Waals surface area (Å²) in [5.41, 5.74) is 4.50. The van der Waals surface area contributed by atoms with E-state index in [2.05, 4.69) is 83.7 Å². The molecule has 0 aromatic heterocycles. The molecule has 2 heterocycles. The Balaban J connectivity index is 2.20. The third kappa shape index (κ3) is 3.18. The number of nitrogens with zero attached hydrogens (tertiary/aromatic N) is 2. The minimum atomic E-state index is -2.11. The molecule has 0 saturated carbocycles. The number of amides is 1. The molecule has 1 fully saturated rings. The van der Waals surface area contributed by atoms with Gasteiger partial charge in [0.15, 0.2) is 0 Å². The Kier molecular flexibility index (Phi) is 6.06. The van der Waals surface area contributed by atoms with E-state index >= 15 is 0 Å². The third-order valence-electron chi connectivity index (χ3n) is 7.86. The molecule has 3 rings (SSSR count). The average Bonchev–Trinajstić information content (AvgIpc) is 3.09. The maximum atomic E-state index is 12.9. The highest BCUT2D eigenvalue weighted by molar-refractivity contribution is 6.78. The van der Waals surface area contributed by atoms with Crippen molar-refractivity contribution >= 4 is 19.9 Å². The van der Waals surface area contributed by atoms with Crippen molar-refractivity contribution in [3.8, 4) is 5.75 Å². The van der Waals surface area contributed by atoms with Crippen molar-refractivity contribution in [2.75, 3.05) is 32.6 Å². The molecule has 1 saturated heterocycles. The zero-order valence-corrected chi connectivity index (χ0v) is 21.6. The topological polar surface area (TPSA) is 44.8 Å². The summed E-state index contributed by atoms with van der Waals surface area (Å²) < 4.78 is 7.03. The van der Waals surface area contributed by atoms with Gasteiger partial charge in [-0.2, -0.15) is 0 Å². The van der Waals surface area contributed by atoms with Crippen LogP contribution in [0, 0.1) is 0 Å². The first-order valence-corrected chi connectivity index (χ1v) is 13.6. The Bertz CT molecular complexity index is 801. The lowest BCUT2D eigenvalue weighted by molar-refractivity contribution is 0.0963. The lowest BCUT2D eigenvalue weighted by atomic mass is 9.81. The van der Waals surface area contributed by atoms with E-state index in [0.717, 1.165) is 30.0 Å². The van der Waals surface area contributed by atoms with E-state index in [4.69, 9.17) is 4.43 Å². The summed E-state index contributed by atoms with van der Waals surface area (Å²) in [5.74, 6) is 0.834. The van der Waals surface area contributed by atoms with Crippen LogP contribution in [0.2, 0.25) is 16.6 Å². The highest BCUT2D eigenvalue weighted by Crippen LogP contribution is 2.54. The highest BCUT2D eigenvalue weighted by atomic mass is 28.4. The lowest BCUT2D eigenvalue weighted by Gasteiger charge is -2.42. The van der Waals surface area contributed by atoms with E-state index in [-0.39, 0.29) is 17.5 Å². The van der Waals surface area contributed by atoms with Gasteiger partial charge in [-0.25, -0.2) is 0 Å². The van der Waals surface area contributed by atoms with Gasteiger partial charge in [0.1, 0.15) is 5.75 Å². The molecule has 1 amide bonds. The summed E-state index contributed by atoms with van der Waals surface area (Å²) >= 11 is 0. The standard InChI is InChI=1S/C24H41N3O2Si/c1-15(2)30(16(3)4,17(5)6)29-18-13-19(22(28)25-8)21-20(14-18)24(7)11-12-26(9)23(24)27(21)10/h13-17,23H,11-12H2,1-10H3,(H,25,28)/t23?,24-/m0/s1. The Hall–Kier alpha value is -1.53. The first-order valence-electron chi connectivity index (χ1n) is 11.4. The Morgan fingerprint density at radius 2 is 1.70 bits per heavy atom. The van der Waals surface area contributed by atoms with Gasteiger partial charge in [0.2, 0.25) is 0 Å². The lowest BCUT2D eigenvalue weighted by Crippen LogP contribution is -2.50. The van der Waals surface area contributed by atoms with Crippen molar-refractivity contribution in [1.29, 1.82) is 0 Å². The summed E-state index contributed by atoms with van der Waals surface area (Å²) in [6.07, 6.45) is 1.36. The third-order valence-corrected chi connectivity index (χ3v) is 13.9. The van der Waals surface area contributed by atoms with Crippen LogP contribution in [0.25, 0.3) is 0 Å². The average molecular weight is 432 g/mol. The molecule has 2 atom stereocenters. The van der Waals surface area contributed by atoms with Crippen LogP contribution in [-0.2, 0) is 5.41 Å². The number of carbonyl (C=O) groups excluding carboxylic acids is 1. The van der Waals surface area contributed by atoms with Crippen LogP contribution in [0.5, 0.6) is 5.75 Å². The molecule has 0 aliphatic carbocycles. The second-order valence-corrected chi connectivity index (χ2v) is 15.9. The smallest absolute Gasteiger partial charge is 0.258 e. The SMILES string of the molecule is CNC(=O)c1cc(O[Si](C(C)C)(C(C)C)C(C)C)cc2c1N(C)C1N(C)CC[C@@]21C. The zero-order chi connectivity index (χ0) is 22.6. The fourth-order valence-electron chi connectivity index (χ4n) is 6.61. The van der Waals surface area contributed by atoms with Gasteiger partial charge in [-0.1, -0.05) is 48.5 Å². The largest absolute Gasteiger partial charge is 0.543 e. The summed E-state index contributed by atoms with van der Waals surface area (Å²) in [6.45, 7) is 17.2. The Morgan fingerprint density at radius 3 is 2.20 bits per heavy atom. The van der Waals surface area contributed by atoms with Crippen LogP contribution in [0.3, 0.4) is 0 Å². The number of fused-ring (bicyclic) bond motifs is 3. The van der Waals surface area contributed by atoms with Gasteiger partial charge in [0, 0.05) is 26.1 Å². The number of anilines is 1. The van der Waals surface area contributed by atoms with E-state index in [0.29, 0.717) is 16.6 Å².